The van der Waals surface area contributed by atoms with Gasteiger partial charge in [0.15, 0.2) is 0 Å². The molecule has 4 rings (SSSR count). The van der Waals surface area contributed by atoms with Gasteiger partial charge in [-0.2, -0.15) is 0 Å². The number of aromatic amines is 1. The van der Waals surface area contributed by atoms with Crippen LogP contribution in [-0.4, -0.2) is 41.3 Å². The van der Waals surface area contributed by atoms with Gasteiger partial charge in [0.1, 0.15) is 5.69 Å². The third-order valence-electron chi connectivity index (χ3n) is 6.89. The number of hydrogen-bond acceptors (Lipinski definition) is 2. The lowest BCUT2D eigenvalue weighted by molar-refractivity contribution is -0.126. The summed E-state index contributed by atoms with van der Waals surface area (Å²) in [5, 5.41) is 4.74. The fourth-order valence-corrected chi connectivity index (χ4v) is 5.03. The summed E-state index contributed by atoms with van der Waals surface area (Å²) in [5.74, 6) is 0.463. The molecule has 0 spiro atoms. The maximum absolute atomic E-state index is 12.9. The van der Waals surface area contributed by atoms with Gasteiger partial charge in [-0.3, -0.25) is 9.59 Å². The number of aromatic nitrogens is 1. The van der Waals surface area contributed by atoms with Gasteiger partial charge >= 0.3 is 0 Å². The quantitative estimate of drug-likeness (QED) is 0.596. The molecule has 2 aromatic rings. The maximum atomic E-state index is 12.9. The van der Waals surface area contributed by atoms with Crippen molar-refractivity contribution in [3.8, 4) is 0 Å². The van der Waals surface area contributed by atoms with Crippen LogP contribution in [0.4, 0.5) is 0 Å². The van der Waals surface area contributed by atoms with Crippen LogP contribution in [0.2, 0.25) is 5.02 Å². The molecule has 5 nitrogen and oxygen atoms in total. The highest BCUT2D eigenvalue weighted by Crippen LogP contribution is 2.27. The largest absolute Gasteiger partial charge is 0.356 e. The molecule has 1 unspecified atom stereocenters. The zero-order valence-electron chi connectivity index (χ0n) is 18.3. The number of hydrogen-bond donors (Lipinski definition) is 2. The monoisotopic (exact) mass is 441 g/mol. The van der Waals surface area contributed by atoms with E-state index in [1.807, 2.05) is 36.1 Å². The van der Waals surface area contributed by atoms with Crippen molar-refractivity contribution in [2.24, 2.45) is 11.8 Å². The van der Waals surface area contributed by atoms with Gasteiger partial charge < -0.3 is 15.2 Å². The minimum atomic E-state index is -0.0206. The smallest absolute Gasteiger partial charge is 0.270 e. The van der Waals surface area contributed by atoms with Crippen molar-refractivity contribution in [1.82, 2.24) is 15.2 Å². The fourth-order valence-electron chi connectivity index (χ4n) is 4.84. The third-order valence-corrected chi connectivity index (χ3v) is 7.13. The lowest BCUT2D eigenvalue weighted by Gasteiger charge is -2.34. The summed E-state index contributed by atoms with van der Waals surface area (Å²) < 4.78 is 0. The number of nitrogens with zero attached hydrogens (tertiary/aromatic N) is 1. The number of halogens is 1. The summed E-state index contributed by atoms with van der Waals surface area (Å²) >= 11 is 6.05. The van der Waals surface area contributed by atoms with Crippen LogP contribution in [0.1, 0.15) is 62.4 Å². The lowest BCUT2D eigenvalue weighted by atomic mass is 9.84. The first kappa shape index (κ1) is 21.9. The van der Waals surface area contributed by atoms with Crippen LogP contribution in [0.5, 0.6) is 0 Å². The first-order valence-electron chi connectivity index (χ1n) is 11.5. The second-order valence-corrected chi connectivity index (χ2v) is 9.42. The highest BCUT2D eigenvalue weighted by Gasteiger charge is 2.30. The fraction of sp³-hybridized carbons (Fsp3) is 0.520. The van der Waals surface area contributed by atoms with Crippen molar-refractivity contribution in [2.75, 3.05) is 19.6 Å². The van der Waals surface area contributed by atoms with Gasteiger partial charge in [-0.15, -0.1) is 0 Å². The van der Waals surface area contributed by atoms with Crippen LogP contribution >= 0.6 is 11.6 Å². The minimum absolute atomic E-state index is 0.0173. The highest BCUT2D eigenvalue weighted by molar-refractivity contribution is 6.31. The summed E-state index contributed by atoms with van der Waals surface area (Å²) in [5.41, 5.74) is 3.00. The van der Waals surface area contributed by atoms with Gasteiger partial charge in [0.05, 0.1) is 0 Å². The normalized spacial score (nSPS) is 18.6. The molecule has 0 bridgehead atoms. The van der Waals surface area contributed by atoms with E-state index in [0.717, 1.165) is 36.7 Å². The highest BCUT2D eigenvalue weighted by atomic mass is 35.5. The molecule has 31 heavy (non-hydrogen) atoms. The molecule has 2 N–H and O–H groups in total. The first-order chi connectivity index (χ1) is 15.0. The molecule has 2 aliphatic rings. The Bertz CT molecular complexity index is 972. The van der Waals surface area contributed by atoms with E-state index >= 15 is 0 Å². The predicted molar refractivity (Wildman–Crippen MR) is 125 cm³/mol. The van der Waals surface area contributed by atoms with Gasteiger partial charge in [0.25, 0.3) is 5.91 Å². The number of nitrogens with one attached hydrogen (secondary N) is 2. The SMILES string of the molecule is CC(C(=O)NCCC1=CCCCC1)C1CCN(C(=O)c2cc3cc(Cl)ccc3[nH]2)CC1. The number of fused-ring (bicyclic) bond motifs is 1. The van der Waals surface area contributed by atoms with E-state index in [-0.39, 0.29) is 17.7 Å². The molecule has 0 saturated carbocycles. The van der Waals surface area contributed by atoms with Gasteiger partial charge in [-0.1, -0.05) is 30.2 Å². The Morgan fingerprint density at radius 2 is 2.03 bits per heavy atom. The Labute approximate surface area is 189 Å². The summed E-state index contributed by atoms with van der Waals surface area (Å²) in [7, 11) is 0. The second kappa shape index (κ2) is 9.90. The van der Waals surface area contributed by atoms with Crippen LogP contribution < -0.4 is 5.32 Å². The second-order valence-electron chi connectivity index (χ2n) is 8.98. The molecule has 6 heteroatoms. The van der Waals surface area contributed by atoms with Gasteiger partial charge in [-0.05, 0) is 75.1 Å². The van der Waals surface area contributed by atoms with Crippen LogP contribution in [0.15, 0.2) is 35.9 Å². The van der Waals surface area contributed by atoms with E-state index in [2.05, 4.69) is 16.4 Å². The number of amides is 2. The van der Waals surface area contributed by atoms with E-state index in [4.69, 9.17) is 11.6 Å². The molecule has 1 saturated heterocycles. The molecule has 2 heterocycles. The average Bonchev–Trinajstić information content (AvgIpc) is 3.22. The Morgan fingerprint density at radius 1 is 1.23 bits per heavy atom. The van der Waals surface area contributed by atoms with Gasteiger partial charge in [0, 0.05) is 41.5 Å². The molecule has 2 amide bonds. The number of likely N-dealkylation sites (tertiary alicyclic amines) is 1. The van der Waals surface area contributed by atoms with Crippen molar-refractivity contribution in [2.45, 2.75) is 51.9 Å². The standard InChI is InChI=1S/C25H32ClN3O2/c1-17(24(30)27-12-9-18-5-3-2-4-6-18)19-10-13-29(14-11-19)25(31)23-16-20-15-21(26)7-8-22(20)28-23/h5,7-8,15-17,19,28H,2-4,6,9-14H2,1H3,(H,27,30). The maximum Gasteiger partial charge on any atom is 0.270 e. The molecule has 1 aliphatic carbocycles. The van der Waals surface area contributed by atoms with Crippen LogP contribution in [-0.2, 0) is 4.79 Å². The number of piperidine rings is 1. The number of carbonyl (C=O) groups excluding carboxylic acids is 2. The zero-order valence-corrected chi connectivity index (χ0v) is 19.0. The molecule has 166 valence electrons. The molecule has 1 aliphatic heterocycles. The Morgan fingerprint density at radius 3 is 2.77 bits per heavy atom. The van der Waals surface area contributed by atoms with Gasteiger partial charge in [-0.25, -0.2) is 0 Å². The Kier molecular flexibility index (Phi) is 7.01. The topological polar surface area (TPSA) is 65.2 Å². The van der Waals surface area contributed by atoms with Crippen LogP contribution in [0.3, 0.4) is 0 Å². The van der Waals surface area contributed by atoms with Gasteiger partial charge in [0.2, 0.25) is 5.91 Å². The summed E-state index contributed by atoms with van der Waals surface area (Å²) in [6, 6.07) is 7.44. The molecule has 1 aromatic carbocycles. The number of carbonyl (C=O) groups is 2. The summed E-state index contributed by atoms with van der Waals surface area (Å²) in [6.45, 7) is 4.13. The summed E-state index contributed by atoms with van der Waals surface area (Å²) in [4.78, 5) is 30.6. The number of rotatable bonds is 6. The Balaban J connectivity index is 1.25. The van der Waals surface area contributed by atoms with Crippen LogP contribution in [0.25, 0.3) is 10.9 Å². The molecular weight excluding hydrogens is 410 g/mol. The number of allylic oxidation sites excluding steroid dienone is 1. The van der Waals surface area contributed by atoms with E-state index < -0.39 is 0 Å². The van der Waals surface area contributed by atoms with E-state index in [9.17, 15) is 9.59 Å². The van der Waals surface area contributed by atoms with Crippen molar-refractivity contribution >= 4 is 34.3 Å². The molecule has 1 fully saturated rings. The molecular formula is C25H32ClN3O2. The van der Waals surface area contributed by atoms with E-state index in [1.165, 1.54) is 31.3 Å². The zero-order chi connectivity index (χ0) is 21.8. The minimum Gasteiger partial charge on any atom is -0.356 e. The first-order valence-corrected chi connectivity index (χ1v) is 11.9. The van der Waals surface area contributed by atoms with Crippen molar-refractivity contribution < 1.29 is 9.59 Å². The number of H-pyrrole nitrogens is 1. The average molecular weight is 442 g/mol. The lowest BCUT2D eigenvalue weighted by Crippen LogP contribution is -2.43. The molecule has 1 aromatic heterocycles. The molecule has 1 atom stereocenters. The third kappa shape index (κ3) is 5.32. The van der Waals surface area contributed by atoms with Crippen molar-refractivity contribution in [3.05, 3.63) is 46.6 Å². The number of benzene rings is 1. The van der Waals surface area contributed by atoms with E-state index in [1.54, 1.807) is 0 Å². The van der Waals surface area contributed by atoms with Crippen molar-refractivity contribution in [3.63, 3.8) is 0 Å². The van der Waals surface area contributed by atoms with Crippen LogP contribution in [0, 0.1) is 11.8 Å². The van der Waals surface area contributed by atoms with Crippen molar-refractivity contribution in [1.29, 1.82) is 0 Å². The summed E-state index contributed by atoms with van der Waals surface area (Å²) in [6.07, 6.45) is 9.97. The predicted octanol–water partition coefficient (Wildman–Crippen LogP) is 5.32. The Hall–Kier alpha value is -2.27. The van der Waals surface area contributed by atoms with E-state index in [0.29, 0.717) is 29.7 Å². The molecule has 0 radical (unpaired) electrons.